The summed E-state index contributed by atoms with van der Waals surface area (Å²) >= 11 is 1.16. The second-order valence-corrected chi connectivity index (χ2v) is 6.58. The number of benzene rings is 1. The smallest absolute Gasteiger partial charge is 0.263 e. The van der Waals surface area contributed by atoms with Crippen LogP contribution in [0.1, 0.15) is 10.4 Å². The average molecular weight is 301 g/mol. The molecule has 0 atom stereocenters. The molecule has 0 saturated heterocycles. The number of hydrogen-bond acceptors (Lipinski definition) is 4. The summed E-state index contributed by atoms with van der Waals surface area (Å²) in [6.07, 6.45) is 0. The molecular formula is C12H12FNO3S2. The van der Waals surface area contributed by atoms with Crippen molar-refractivity contribution in [2.24, 2.45) is 0 Å². The van der Waals surface area contributed by atoms with Gasteiger partial charge < -0.3 is 5.11 Å². The van der Waals surface area contributed by atoms with E-state index in [0.717, 1.165) is 11.3 Å². The molecule has 0 fully saturated rings. The minimum atomic E-state index is -3.77. The fraction of sp³-hybridized carbons (Fsp3) is 0.167. The van der Waals surface area contributed by atoms with Crippen LogP contribution >= 0.6 is 11.3 Å². The van der Waals surface area contributed by atoms with Crippen LogP contribution in [0.25, 0.3) is 0 Å². The molecule has 0 unspecified atom stereocenters. The third-order valence-electron chi connectivity index (χ3n) is 2.57. The van der Waals surface area contributed by atoms with E-state index in [1.165, 1.54) is 24.3 Å². The molecule has 4 nitrogen and oxygen atoms in total. The number of aliphatic hydroxyl groups excluding tert-OH is 1. The lowest BCUT2D eigenvalue weighted by Gasteiger charge is -2.10. The van der Waals surface area contributed by atoms with E-state index in [9.17, 15) is 12.8 Å². The van der Waals surface area contributed by atoms with Crippen molar-refractivity contribution in [1.29, 1.82) is 0 Å². The van der Waals surface area contributed by atoms with E-state index in [0.29, 0.717) is 16.1 Å². The van der Waals surface area contributed by atoms with Crippen molar-refractivity contribution in [1.82, 2.24) is 0 Å². The SMILES string of the molecule is Cc1cc(F)ccc1NS(=O)(=O)c1ccsc1CO. The molecule has 0 aliphatic heterocycles. The summed E-state index contributed by atoms with van der Waals surface area (Å²) in [6.45, 7) is 1.28. The molecule has 1 aromatic heterocycles. The van der Waals surface area contributed by atoms with Gasteiger partial charge in [0, 0.05) is 0 Å². The van der Waals surface area contributed by atoms with E-state index in [1.54, 1.807) is 12.3 Å². The normalized spacial score (nSPS) is 11.5. The van der Waals surface area contributed by atoms with Crippen molar-refractivity contribution in [3.8, 4) is 0 Å². The number of aryl methyl sites for hydroxylation is 1. The van der Waals surface area contributed by atoms with Crippen molar-refractivity contribution in [3.05, 3.63) is 45.9 Å². The molecule has 0 spiro atoms. The van der Waals surface area contributed by atoms with Gasteiger partial charge in [-0.15, -0.1) is 11.3 Å². The lowest BCUT2D eigenvalue weighted by Crippen LogP contribution is -2.14. The van der Waals surface area contributed by atoms with E-state index < -0.39 is 15.8 Å². The summed E-state index contributed by atoms with van der Waals surface area (Å²) in [5.41, 5.74) is 0.806. The van der Waals surface area contributed by atoms with Crippen LogP contribution in [0.4, 0.5) is 10.1 Å². The maximum absolute atomic E-state index is 13.0. The first-order valence-electron chi connectivity index (χ1n) is 5.40. The van der Waals surface area contributed by atoms with Crippen LogP contribution < -0.4 is 4.72 Å². The van der Waals surface area contributed by atoms with E-state index in [1.807, 2.05) is 0 Å². The van der Waals surface area contributed by atoms with Gasteiger partial charge in [0.1, 0.15) is 10.7 Å². The number of nitrogens with one attached hydrogen (secondary N) is 1. The number of rotatable bonds is 4. The molecule has 19 heavy (non-hydrogen) atoms. The summed E-state index contributed by atoms with van der Waals surface area (Å²) in [7, 11) is -3.77. The summed E-state index contributed by atoms with van der Waals surface area (Å²) in [5.74, 6) is -0.424. The molecule has 0 aliphatic rings. The molecule has 0 aliphatic carbocycles. The Bertz CT molecular complexity index is 695. The minimum absolute atomic E-state index is 0.0451. The zero-order valence-corrected chi connectivity index (χ0v) is 11.7. The number of aliphatic hydroxyl groups is 1. The molecule has 102 valence electrons. The van der Waals surface area contributed by atoms with E-state index in [2.05, 4.69) is 4.72 Å². The van der Waals surface area contributed by atoms with Crippen molar-refractivity contribution in [2.45, 2.75) is 18.4 Å². The molecule has 2 N–H and O–H groups in total. The van der Waals surface area contributed by atoms with Crippen LogP contribution in [0, 0.1) is 12.7 Å². The van der Waals surface area contributed by atoms with Crippen LogP contribution in [0.2, 0.25) is 0 Å². The Kier molecular flexibility index (Phi) is 3.88. The van der Waals surface area contributed by atoms with Crippen LogP contribution in [-0.2, 0) is 16.6 Å². The van der Waals surface area contributed by atoms with Crippen molar-refractivity contribution < 1.29 is 17.9 Å². The maximum Gasteiger partial charge on any atom is 0.263 e. The lowest BCUT2D eigenvalue weighted by atomic mass is 10.2. The van der Waals surface area contributed by atoms with Gasteiger partial charge in [-0.25, -0.2) is 12.8 Å². The van der Waals surface area contributed by atoms with Crippen LogP contribution in [0.5, 0.6) is 0 Å². The van der Waals surface area contributed by atoms with Crippen molar-refractivity contribution >= 4 is 27.0 Å². The number of thiophene rings is 1. The lowest BCUT2D eigenvalue weighted by molar-refractivity contribution is 0.282. The van der Waals surface area contributed by atoms with Gasteiger partial charge in [-0.1, -0.05) is 0 Å². The Balaban J connectivity index is 2.37. The molecule has 0 radical (unpaired) electrons. The van der Waals surface area contributed by atoms with E-state index >= 15 is 0 Å². The Morgan fingerprint density at radius 1 is 1.37 bits per heavy atom. The first-order valence-corrected chi connectivity index (χ1v) is 7.76. The van der Waals surface area contributed by atoms with Gasteiger partial charge in [-0.3, -0.25) is 4.72 Å². The first-order chi connectivity index (χ1) is 8.94. The Morgan fingerprint density at radius 3 is 2.74 bits per heavy atom. The Hall–Kier alpha value is -1.44. The Morgan fingerprint density at radius 2 is 2.11 bits per heavy atom. The molecule has 0 amide bonds. The van der Waals surface area contributed by atoms with E-state index in [4.69, 9.17) is 5.11 Å². The highest BCUT2D eigenvalue weighted by molar-refractivity contribution is 7.93. The molecule has 7 heteroatoms. The van der Waals surface area contributed by atoms with Gasteiger partial charge >= 0.3 is 0 Å². The van der Waals surface area contributed by atoms with Gasteiger partial charge in [0.2, 0.25) is 0 Å². The third kappa shape index (κ3) is 2.94. The molecule has 1 heterocycles. The largest absolute Gasteiger partial charge is 0.391 e. The summed E-state index contributed by atoms with van der Waals surface area (Å²) < 4.78 is 39.7. The number of anilines is 1. The topological polar surface area (TPSA) is 66.4 Å². The average Bonchev–Trinajstić information content (AvgIpc) is 2.82. The van der Waals surface area contributed by atoms with Gasteiger partial charge in [0.25, 0.3) is 10.0 Å². The van der Waals surface area contributed by atoms with Crippen LogP contribution in [-0.4, -0.2) is 13.5 Å². The quantitative estimate of drug-likeness (QED) is 0.912. The van der Waals surface area contributed by atoms with Crippen LogP contribution in [0.3, 0.4) is 0 Å². The van der Waals surface area contributed by atoms with Gasteiger partial charge in [-0.05, 0) is 42.1 Å². The van der Waals surface area contributed by atoms with Gasteiger partial charge in [-0.2, -0.15) is 0 Å². The Labute approximate surface area is 114 Å². The monoisotopic (exact) mass is 301 g/mol. The predicted molar refractivity (Wildman–Crippen MR) is 72.2 cm³/mol. The second-order valence-electron chi connectivity index (χ2n) is 3.93. The molecular weight excluding hydrogens is 289 g/mol. The zero-order valence-electron chi connectivity index (χ0n) is 10.1. The minimum Gasteiger partial charge on any atom is -0.391 e. The zero-order chi connectivity index (χ0) is 14.0. The van der Waals surface area contributed by atoms with Gasteiger partial charge in [0.05, 0.1) is 17.2 Å². The van der Waals surface area contributed by atoms with Crippen molar-refractivity contribution in [3.63, 3.8) is 0 Å². The highest BCUT2D eigenvalue weighted by atomic mass is 32.2. The summed E-state index contributed by atoms with van der Waals surface area (Å²) in [6, 6.07) is 5.23. The molecule has 1 aromatic carbocycles. The van der Waals surface area contributed by atoms with E-state index in [-0.39, 0.29) is 11.5 Å². The number of halogens is 1. The van der Waals surface area contributed by atoms with Gasteiger partial charge in [0.15, 0.2) is 0 Å². The third-order valence-corrected chi connectivity index (χ3v) is 5.06. The highest BCUT2D eigenvalue weighted by Gasteiger charge is 2.20. The highest BCUT2D eigenvalue weighted by Crippen LogP contribution is 2.25. The standard InChI is InChI=1S/C12H12FNO3S2/c1-8-6-9(13)2-3-10(8)14-19(16,17)12-4-5-18-11(12)7-15/h2-6,14-15H,7H2,1H3. The maximum atomic E-state index is 13.0. The van der Waals surface area contributed by atoms with Crippen molar-refractivity contribution in [2.75, 3.05) is 4.72 Å². The predicted octanol–water partition coefficient (Wildman–Crippen LogP) is 2.49. The molecule has 2 rings (SSSR count). The molecule has 2 aromatic rings. The fourth-order valence-corrected chi connectivity index (χ4v) is 4.05. The second kappa shape index (κ2) is 5.28. The fourth-order valence-electron chi connectivity index (χ4n) is 1.62. The summed E-state index contributed by atoms with van der Waals surface area (Å²) in [4.78, 5) is 0.413. The summed E-state index contributed by atoms with van der Waals surface area (Å²) in [5, 5.41) is 10.7. The number of sulfonamides is 1. The molecule has 0 saturated carbocycles. The molecule has 0 bridgehead atoms. The van der Waals surface area contributed by atoms with Crippen LogP contribution in [0.15, 0.2) is 34.5 Å². The number of hydrogen-bond donors (Lipinski definition) is 2. The first kappa shape index (κ1) is 14.0.